The molecule has 22 heavy (non-hydrogen) atoms. The molecule has 0 unspecified atom stereocenters. The molecule has 1 fully saturated rings. The van der Waals surface area contributed by atoms with Gasteiger partial charge in [0.15, 0.2) is 0 Å². The van der Waals surface area contributed by atoms with Gasteiger partial charge in [0.25, 0.3) is 0 Å². The number of likely N-dealkylation sites (tertiary alicyclic amines) is 1. The van der Waals surface area contributed by atoms with E-state index in [2.05, 4.69) is 23.1 Å². The summed E-state index contributed by atoms with van der Waals surface area (Å²) in [5.74, 6) is 0.968. The molecule has 118 valence electrons. The van der Waals surface area contributed by atoms with Crippen molar-refractivity contribution in [1.29, 1.82) is 0 Å². The van der Waals surface area contributed by atoms with Gasteiger partial charge in [-0.25, -0.2) is 0 Å². The largest absolute Gasteiger partial charge is 0.507 e. The van der Waals surface area contributed by atoms with Crippen LogP contribution in [-0.4, -0.2) is 36.2 Å². The molecule has 0 aromatic heterocycles. The van der Waals surface area contributed by atoms with Crippen molar-refractivity contribution >= 4 is 10.8 Å². The van der Waals surface area contributed by atoms with Gasteiger partial charge in [0, 0.05) is 5.39 Å². The molecule has 3 heteroatoms. The molecule has 1 aliphatic rings. The third kappa shape index (κ3) is 3.26. The van der Waals surface area contributed by atoms with Gasteiger partial charge in [0.1, 0.15) is 5.75 Å². The summed E-state index contributed by atoms with van der Waals surface area (Å²) in [6.45, 7) is 4.21. The topological polar surface area (TPSA) is 49.5 Å². The Kier molecular flexibility index (Phi) is 4.96. The van der Waals surface area contributed by atoms with Gasteiger partial charge in [-0.3, -0.25) is 0 Å². The second kappa shape index (κ2) is 7.12. The van der Waals surface area contributed by atoms with Crippen LogP contribution in [0.3, 0.4) is 0 Å². The van der Waals surface area contributed by atoms with E-state index in [1.807, 2.05) is 18.2 Å². The van der Waals surface area contributed by atoms with Crippen molar-refractivity contribution < 1.29 is 5.11 Å². The molecule has 0 bridgehead atoms. The van der Waals surface area contributed by atoms with E-state index >= 15 is 0 Å². The smallest absolute Gasteiger partial charge is 0.126 e. The van der Waals surface area contributed by atoms with E-state index in [9.17, 15) is 5.11 Å². The zero-order valence-corrected chi connectivity index (χ0v) is 13.2. The third-order valence-corrected chi connectivity index (χ3v) is 4.89. The number of nitrogens with two attached hydrogens (primary N) is 1. The number of phenolic OH excluding ortho intramolecular Hbond substituents is 1. The standard InChI is InChI=1S/C19H26N2O/c20-11-3-4-12-21-13-9-16(10-14-21)18-8-7-15-5-1-2-6-17(15)19(18)22/h1-2,5-8,16,22H,3-4,9-14,20H2. The van der Waals surface area contributed by atoms with Gasteiger partial charge in [-0.2, -0.15) is 0 Å². The lowest BCUT2D eigenvalue weighted by atomic mass is 9.87. The molecule has 0 atom stereocenters. The Hall–Kier alpha value is -1.58. The highest BCUT2D eigenvalue weighted by Gasteiger charge is 2.23. The zero-order valence-electron chi connectivity index (χ0n) is 13.2. The Morgan fingerprint density at radius 3 is 2.59 bits per heavy atom. The number of hydrogen-bond acceptors (Lipinski definition) is 3. The van der Waals surface area contributed by atoms with Crippen LogP contribution in [-0.2, 0) is 0 Å². The molecule has 3 nitrogen and oxygen atoms in total. The highest BCUT2D eigenvalue weighted by molar-refractivity contribution is 5.89. The first kappa shape index (κ1) is 15.3. The molecule has 1 saturated heterocycles. The van der Waals surface area contributed by atoms with E-state index in [0.717, 1.165) is 61.8 Å². The van der Waals surface area contributed by atoms with Crippen LogP contribution in [0.1, 0.15) is 37.2 Å². The van der Waals surface area contributed by atoms with Gasteiger partial charge < -0.3 is 15.7 Å². The van der Waals surface area contributed by atoms with Crippen molar-refractivity contribution in [3.05, 3.63) is 42.0 Å². The Balaban J connectivity index is 1.67. The summed E-state index contributed by atoms with van der Waals surface area (Å²) in [6, 6.07) is 12.3. The number of rotatable bonds is 5. The van der Waals surface area contributed by atoms with Crippen LogP contribution in [0, 0.1) is 0 Å². The van der Waals surface area contributed by atoms with Crippen molar-refractivity contribution in [3.63, 3.8) is 0 Å². The third-order valence-electron chi connectivity index (χ3n) is 4.89. The highest BCUT2D eigenvalue weighted by atomic mass is 16.3. The molecule has 0 radical (unpaired) electrons. The summed E-state index contributed by atoms with van der Waals surface area (Å²) in [4.78, 5) is 2.53. The number of benzene rings is 2. The van der Waals surface area contributed by atoms with Crippen LogP contribution >= 0.6 is 0 Å². The van der Waals surface area contributed by atoms with Crippen LogP contribution in [0.2, 0.25) is 0 Å². The summed E-state index contributed by atoms with van der Waals surface area (Å²) in [6.07, 6.45) is 4.58. The van der Waals surface area contributed by atoms with Crippen molar-refractivity contribution in [2.45, 2.75) is 31.6 Å². The average Bonchev–Trinajstić information content (AvgIpc) is 2.57. The Morgan fingerprint density at radius 2 is 1.82 bits per heavy atom. The molecule has 1 aliphatic heterocycles. The van der Waals surface area contributed by atoms with Crippen LogP contribution in [0.5, 0.6) is 5.75 Å². The van der Waals surface area contributed by atoms with Crippen molar-refractivity contribution in [2.75, 3.05) is 26.2 Å². The van der Waals surface area contributed by atoms with Gasteiger partial charge in [-0.1, -0.05) is 36.4 Å². The van der Waals surface area contributed by atoms with E-state index in [4.69, 9.17) is 5.73 Å². The summed E-state index contributed by atoms with van der Waals surface area (Å²) < 4.78 is 0. The van der Waals surface area contributed by atoms with Crippen LogP contribution in [0.25, 0.3) is 10.8 Å². The Morgan fingerprint density at radius 1 is 1.05 bits per heavy atom. The van der Waals surface area contributed by atoms with Crippen molar-refractivity contribution in [2.24, 2.45) is 5.73 Å². The normalized spacial score (nSPS) is 17.1. The highest BCUT2D eigenvalue weighted by Crippen LogP contribution is 2.38. The SMILES string of the molecule is NCCCCN1CCC(c2ccc3ccccc3c2O)CC1. The lowest BCUT2D eigenvalue weighted by Crippen LogP contribution is -2.33. The monoisotopic (exact) mass is 298 g/mol. The molecule has 2 aromatic carbocycles. The Labute approximate surface area is 132 Å². The first-order valence-electron chi connectivity index (χ1n) is 8.42. The average molecular weight is 298 g/mol. The van der Waals surface area contributed by atoms with Gasteiger partial charge in [0.2, 0.25) is 0 Å². The van der Waals surface area contributed by atoms with Gasteiger partial charge in [-0.05, 0) is 68.7 Å². The summed E-state index contributed by atoms with van der Waals surface area (Å²) in [5, 5.41) is 12.7. The quantitative estimate of drug-likeness (QED) is 0.831. The number of aromatic hydroxyl groups is 1. The van der Waals surface area contributed by atoms with E-state index in [1.54, 1.807) is 0 Å². The number of hydrogen-bond donors (Lipinski definition) is 2. The molecule has 0 saturated carbocycles. The van der Waals surface area contributed by atoms with E-state index < -0.39 is 0 Å². The van der Waals surface area contributed by atoms with Crippen LogP contribution < -0.4 is 5.73 Å². The van der Waals surface area contributed by atoms with Crippen LogP contribution in [0.4, 0.5) is 0 Å². The zero-order chi connectivity index (χ0) is 15.4. The number of fused-ring (bicyclic) bond motifs is 1. The number of nitrogens with zero attached hydrogens (tertiary/aromatic N) is 1. The molecule has 2 aromatic rings. The molecular formula is C19H26N2O. The minimum absolute atomic E-state index is 0.482. The molecule has 0 aliphatic carbocycles. The number of piperidine rings is 1. The molecule has 1 heterocycles. The van der Waals surface area contributed by atoms with Gasteiger partial charge >= 0.3 is 0 Å². The number of phenols is 1. The second-order valence-corrected chi connectivity index (χ2v) is 6.34. The molecule has 3 rings (SSSR count). The summed E-state index contributed by atoms with van der Waals surface area (Å²) in [7, 11) is 0. The van der Waals surface area contributed by atoms with Crippen molar-refractivity contribution in [3.8, 4) is 5.75 Å². The van der Waals surface area contributed by atoms with E-state index in [1.165, 1.54) is 6.42 Å². The van der Waals surface area contributed by atoms with Crippen molar-refractivity contribution in [1.82, 2.24) is 4.90 Å². The maximum atomic E-state index is 10.6. The molecule has 0 spiro atoms. The minimum atomic E-state index is 0.482. The fraction of sp³-hybridized carbons (Fsp3) is 0.474. The van der Waals surface area contributed by atoms with Crippen LogP contribution in [0.15, 0.2) is 36.4 Å². The van der Waals surface area contributed by atoms with E-state index in [-0.39, 0.29) is 0 Å². The second-order valence-electron chi connectivity index (χ2n) is 6.34. The predicted molar refractivity (Wildman–Crippen MR) is 92.3 cm³/mol. The lowest BCUT2D eigenvalue weighted by Gasteiger charge is -2.32. The molecule has 3 N–H and O–H groups in total. The van der Waals surface area contributed by atoms with Gasteiger partial charge in [0.05, 0.1) is 0 Å². The van der Waals surface area contributed by atoms with E-state index in [0.29, 0.717) is 11.7 Å². The first-order valence-corrected chi connectivity index (χ1v) is 8.42. The molecular weight excluding hydrogens is 272 g/mol. The fourth-order valence-electron chi connectivity index (χ4n) is 3.55. The maximum absolute atomic E-state index is 10.6. The predicted octanol–water partition coefficient (Wildman–Crippen LogP) is 3.46. The number of unbranched alkanes of at least 4 members (excludes halogenated alkanes) is 1. The first-order chi connectivity index (χ1) is 10.8. The molecule has 0 amide bonds. The summed E-state index contributed by atoms with van der Waals surface area (Å²) in [5.41, 5.74) is 6.68. The fourth-order valence-corrected chi connectivity index (χ4v) is 3.55. The maximum Gasteiger partial charge on any atom is 0.126 e. The Bertz CT molecular complexity index is 618. The summed E-state index contributed by atoms with van der Waals surface area (Å²) >= 11 is 0. The lowest BCUT2D eigenvalue weighted by molar-refractivity contribution is 0.208. The van der Waals surface area contributed by atoms with Gasteiger partial charge in [-0.15, -0.1) is 0 Å². The minimum Gasteiger partial charge on any atom is -0.507 e.